The van der Waals surface area contributed by atoms with E-state index in [-0.39, 0.29) is 0 Å². The molecule has 0 aromatic heterocycles. The van der Waals surface area contributed by atoms with Gasteiger partial charge in [0.25, 0.3) is 0 Å². The van der Waals surface area contributed by atoms with Crippen molar-refractivity contribution in [2.45, 2.75) is 52.1 Å². The van der Waals surface area contributed by atoms with Crippen molar-refractivity contribution in [2.75, 3.05) is 33.3 Å². The fourth-order valence-corrected chi connectivity index (χ4v) is 3.32. The number of hydrogen-bond donors (Lipinski definition) is 2. The van der Waals surface area contributed by atoms with E-state index in [1.165, 1.54) is 32.4 Å². The average Bonchev–Trinajstić information content (AvgIpc) is 2.64. The van der Waals surface area contributed by atoms with Crippen LogP contribution in [0.5, 0.6) is 5.75 Å². The standard InChI is InChI=1S/C20H34N4O/c1-4-21-20(23-16-18-11-5-6-12-19(18)25-3)22-13-9-15-24-14-8-7-10-17(24)2/h5-6,11-12,17H,4,7-10,13-16H2,1-3H3,(H2,21,22,23). The van der Waals surface area contributed by atoms with Crippen molar-refractivity contribution in [3.8, 4) is 5.75 Å². The predicted octanol–water partition coefficient (Wildman–Crippen LogP) is 3.01. The van der Waals surface area contributed by atoms with E-state index < -0.39 is 0 Å². The van der Waals surface area contributed by atoms with Gasteiger partial charge in [-0.05, 0) is 45.7 Å². The summed E-state index contributed by atoms with van der Waals surface area (Å²) in [4.78, 5) is 7.31. The Labute approximate surface area is 152 Å². The number of likely N-dealkylation sites (tertiary alicyclic amines) is 1. The van der Waals surface area contributed by atoms with Gasteiger partial charge < -0.3 is 20.3 Å². The zero-order valence-corrected chi connectivity index (χ0v) is 16.1. The predicted molar refractivity (Wildman–Crippen MR) is 105 cm³/mol. The summed E-state index contributed by atoms with van der Waals surface area (Å²) in [5, 5.41) is 6.78. The van der Waals surface area contributed by atoms with E-state index in [1.807, 2.05) is 18.2 Å². The zero-order valence-electron chi connectivity index (χ0n) is 16.1. The molecule has 140 valence electrons. The Morgan fingerprint density at radius 3 is 2.88 bits per heavy atom. The van der Waals surface area contributed by atoms with E-state index in [2.05, 4.69) is 35.4 Å². The number of nitrogens with one attached hydrogen (secondary N) is 2. The summed E-state index contributed by atoms with van der Waals surface area (Å²) in [6.07, 6.45) is 5.22. The third kappa shape index (κ3) is 6.58. The van der Waals surface area contributed by atoms with E-state index in [0.717, 1.165) is 42.8 Å². The monoisotopic (exact) mass is 346 g/mol. The molecule has 0 amide bonds. The number of methoxy groups -OCH3 is 1. The van der Waals surface area contributed by atoms with Crippen LogP contribution < -0.4 is 15.4 Å². The minimum absolute atomic E-state index is 0.614. The Morgan fingerprint density at radius 2 is 2.12 bits per heavy atom. The van der Waals surface area contributed by atoms with E-state index >= 15 is 0 Å². The van der Waals surface area contributed by atoms with Gasteiger partial charge in [0.05, 0.1) is 13.7 Å². The maximum atomic E-state index is 5.40. The van der Waals surface area contributed by atoms with Gasteiger partial charge in [0.1, 0.15) is 5.75 Å². The maximum absolute atomic E-state index is 5.40. The van der Waals surface area contributed by atoms with Crippen LogP contribution in [0, 0.1) is 0 Å². The van der Waals surface area contributed by atoms with Crippen molar-refractivity contribution in [3.05, 3.63) is 29.8 Å². The summed E-state index contributed by atoms with van der Waals surface area (Å²) in [6, 6.07) is 8.78. The molecular weight excluding hydrogens is 312 g/mol. The summed E-state index contributed by atoms with van der Waals surface area (Å²) in [5.41, 5.74) is 1.10. The van der Waals surface area contributed by atoms with Gasteiger partial charge in [0.2, 0.25) is 0 Å². The largest absolute Gasteiger partial charge is 0.496 e. The summed E-state index contributed by atoms with van der Waals surface area (Å²) in [7, 11) is 1.70. The summed E-state index contributed by atoms with van der Waals surface area (Å²) >= 11 is 0. The van der Waals surface area contributed by atoms with Gasteiger partial charge in [-0.3, -0.25) is 0 Å². The van der Waals surface area contributed by atoms with Gasteiger partial charge in [-0.1, -0.05) is 24.6 Å². The molecule has 0 radical (unpaired) electrons. The van der Waals surface area contributed by atoms with Crippen molar-refractivity contribution >= 4 is 5.96 Å². The fraction of sp³-hybridized carbons (Fsp3) is 0.650. The van der Waals surface area contributed by atoms with Crippen LogP contribution >= 0.6 is 0 Å². The lowest BCUT2D eigenvalue weighted by atomic mass is 10.0. The molecule has 1 heterocycles. The smallest absolute Gasteiger partial charge is 0.191 e. The second-order valence-electron chi connectivity index (χ2n) is 6.67. The van der Waals surface area contributed by atoms with Crippen molar-refractivity contribution < 1.29 is 4.74 Å². The Bertz CT molecular complexity index is 532. The first-order chi connectivity index (χ1) is 12.2. The SMILES string of the molecule is CCNC(=NCc1ccccc1OC)NCCCN1CCCCC1C. The molecule has 5 nitrogen and oxygen atoms in total. The van der Waals surface area contributed by atoms with Crippen LogP contribution in [0.1, 0.15) is 45.1 Å². The average molecular weight is 347 g/mol. The Hall–Kier alpha value is -1.75. The molecule has 0 spiro atoms. The molecule has 0 bridgehead atoms. The first-order valence-corrected chi connectivity index (χ1v) is 9.62. The molecule has 1 aromatic rings. The van der Waals surface area contributed by atoms with Crippen molar-refractivity contribution in [3.63, 3.8) is 0 Å². The molecule has 1 aromatic carbocycles. The van der Waals surface area contributed by atoms with E-state index in [9.17, 15) is 0 Å². The molecule has 1 atom stereocenters. The third-order valence-electron chi connectivity index (χ3n) is 4.80. The van der Waals surface area contributed by atoms with Crippen molar-refractivity contribution in [2.24, 2.45) is 4.99 Å². The highest BCUT2D eigenvalue weighted by molar-refractivity contribution is 5.79. The van der Waals surface area contributed by atoms with Crippen LogP contribution in [-0.2, 0) is 6.54 Å². The number of nitrogens with zero attached hydrogens (tertiary/aromatic N) is 2. The number of benzene rings is 1. The minimum atomic E-state index is 0.614. The summed E-state index contributed by atoms with van der Waals surface area (Å²) in [6.45, 7) is 9.29. The third-order valence-corrected chi connectivity index (χ3v) is 4.80. The molecule has 1 aliphatic rings. The first-order valence-electron chi connectivity index (χ1n) is 9.62. The van der Waals surface area contributed by atoms with Crippen LogP contribution in [0.4, 0.5) is 0 Å². The second-order valence-corrected chi connectivity index (χ2v) is 6.67. The molecule has 1 unspecified atom stereocenters. The van der Waals surface area contributed by atoms with Gasteiger partial charge in [-0.25, -0.2) is 4.99 Å². The molecule has 1 fully saturated rings. The topological polar surface area (TPSA) is 48.9 Å². The normalized spacial score (nSPS) is 18.8. The van der Waals surface area contributed by atoms with Crippen LogP contribution in [0.15, 0.2) is 29.3 Å². The molecule has 5 heteroatoms. The quantitative estimate of drug-likeness (QED) is 0.432. The van der Waals surface area contributed by atoms with Crippen LogP contribution in [0.2, 0.25) is 0 Å². The van der Waals surface area contributed by atoms with Crippen LogP contribution in [0.25, 0.3) is 0 Å². The molecule has 2 rings (SSSR count). The molecule has 1 aliphatic heterocycles. The number of hydrogen-bond acceptors (Lipinski definition) is 3. The van der Waals surface area contributed by atoms with Crippen LogP contribution in [0.3, 0.4) is 0 Å². The second kappa shape index (κ2) is 11.0. The summed E-state index contributed by atoms with van der Waals surface area (Å²) in [5.74, 6) is 1.77. The lowest BCUT2D eigenvalue weighted by Crippen LogP contribution is -2.41. The van der Waals surface area contributed by atoms with Gasteiger partial charge in [0, 0.05) is 31.2 Å². The lowest BCUT2D eigenvalue weighted by molar-refractivity contribution is 0.159. The molecule has 1 saturated heterocycles. The van der Waals surface area contributed by atoms with Gasteiger partial charge in [0.15, 0.2) is 5.96 Å². The van der Waals surface area contributed by atoms with Crippen LogP contribution in [-0.4, -0.2) is 50.2 Å². The lowest BCUT2D eigenvalue weighted by Gasteiger charge is -2.33. The fourth-order valence-electron chi connectivity index (χ4n) is 3.32. The van der Waals surface area contributed by atoms with Crippen molar-refractivity contribution in [1.29, 1.82) is 0 Å². The van der Waals surface area contributed by atoms with E-state index in [0.29, 0.717) is 6.54 Å². The highest BCUT2D eigenvalue weighted by atomic mass is 16.5. The highest BCUT2D eigenvalue weighted by Crippen LogP contribution is 2.18. The van der Waals surface area contributed by atoms with E-state index in [1.54, 1.807) is 7.11 Å². The van der Waals surface area contributed by atoms with Gasteiger partial charge >= 0.3 is 0 Å². The number of aliphatic imine (C=N–C) groups is 1. The maximum Gasteiger partial charge on any atom is 0.191 e. The Balaban J connectivity index is 1.79. The Kier molecular flexibility index (Phi) is 8.60. The minimum Gasteiger partial charge on any atom is -0.496 e. The number of ether oxygens (including phenoxy) is 1. The molecule has 25 heavy (non-hydrogen) atoms. The van der Waals surface area contributed by atoms with Gasteiger partial charge in [-0.15, -0.1) is 0 Å². The number of rotatable bonds is 8. The zero-order chi connectivity index (χ0) is 17.9. The highest BCUT2D eigenvalue weighted by Gasteiger charge is 2.17. The summed E-state index contributed by atoms with van der Waals surface area (Å²) < 4.78 is 5.40. The van der Waals surface area contributed by atoms with Crippen molar-refractivity contribution in [1.82, 2.24) is 15.5 Å². The van der Waals surface area contributed by atoms with Gasteiger partial charge in [-0.2, -0.15) is 0 Å². The number of piperidine rings is 1. The van der Waals surface area contributed by atoms with E-state index in [4.69, 9.17) is 9.73 Å². The first kappa shape index (κ1) is 19.6. The molecule has 0 aliphatic carbocycles. The number of para-hydroxylation sites is 1. The molecular formula is C20H34N4O. The molecule has 0 saturated carbocycles. The molecule has 2 N–H and O–H groups in total. The Morgan fingerprint density at radius 1 is 1.28 bits per heavy atom. The number of guanidine groups is 1.